The highest BCUT2D eigenvalue weighted by Crippen LogP contribution is 2.47. The molecule has 0 fully saturated rings. The fourth-order valence-corrected chi connectivity index (χ4v) is 5.58. The SMILES string of the molecule is CC(C)(C)N(c1ccccc1F)c1c(F)ccc(-c2ccccc2)c1-c1ccc(-c2ccc3ccccc3c2)cc1. The molecule has 0 saturated heterocycles. The van der Waals surface area contributed by atoms with E-state index in [1.165, 1.54) is 22.9 Å². The van der Waals surface area contributed by atoms with Gasteiger partial charge in [-0.25, -0.2) is 8.78 Å². The number of halogens is 2. The maximum atomic E-state index is 16.2. The van der Waals surface area contributed by atoms with Gasteiger partial charge in [-0.1, -0.05) is 109 Å². The van der Waals surface area contributed by atoms with Crippen LogP contribution in [0.15, 0.2) is 133 Å². The molecule has 6 rings (SSSR count). The van der Waals surface area contributed by atoms with Crippen LogP contribution in [0.5, 0.6) is 0 Å². The van der Waals surface area contributed by atoms with Gasteiger partial charge in [0.15, 0.2) is 0 Å². The lowest BCUT2D eigenvalue weighted by atomic mass is 9.89. The van der Waals surface area contributed by atoms with E-state index in [4.69, 9.17) is 0 Å². The molecule has 0 saturated carbocycles. The van der Waals surface area contributed by atoms with Crippen LogP contribution in [0.1, 0.15) is 20.8 Å². The topological polar surface area (TPSA) is 3.24 Å². The van der Waals surface area contributed by atoms with E-state index in [1.807, 2.05) is 81.4 Å². The summed E-state index contributed by atoms with van der Waals surface area (Å²) in [5.41, 5.74) is 5.66. The predicted molar refractivity (Wildman–Crippen MR) is 169 cm³/mol. The summed E-state index contributed by atoms with van der Waals surface area (Å²) in [6, 6.07) is 42.8. The second-order valence-corrected chi connectivity index (χ2v) is 11.3. The Morgan fingerprint density at radius 2 is 1.10 bits per heavy atom. The Kier molecular flexibility index (Phi) is 6.88. The molecule has 0 spiro atoms. The Balaban J connectivity index is 1.58. The highest BCUT2D eigenvalue weighted by molar-refractivity contribution is 5.95. The highest BCUT2D eigenvalue weighted by Gasteiger charge is 2.31. The van der Waals surface area contributed by atoms with Gasteiger partial charge in [0.1, 0.15) is 11.6 Å². The van der Waals surface area contributed by atoms with Crippen molar-refractivity contribution in [2.45, 2.75) is 26.3 Å². The van der Waals surface area contributed by atoms with Crippen molar-refractivity contribution < 1.29 is 8.78 Å². The zero-order valence-corrected chi connectivity index (χ0v) is 23.4. The van der Waals surface area contributed by atoms with Crippen LogP contribution in [0.25, 0.3) is 44.2 Å². The lowest BCUT2D eigenvalue weighted by Crippen LogP contribution is -2.39. The van der Waals surface area contributed by atoms with Gasteiger partial charge in [-0.05, 0) is 83.6 Å². The zero-order chi connectivity index (χ0) is 28.6. The van der Waals surface area contributed by atoms with Crippen molar-refractivity contribution >= 4 is 22.1 Å². The van der Waals surface area contributed by atoms with Crippen molar-refractivity contribution in [2.75, 3.05) is 4.90 Å². The van der Waals surface area contributed by atoms with Crippen LogP contribution in [-0.4, -0.2) is 5.54 Å². The summed E-state index contributed by atoms with van der Waals surface area (Å²) < 4.78 is 31.5. The van der Waals surface area contributed by atoms with Crippen LogP contribution in [-0.2, 0) is 0 Å². The van der Waals surface area contributed by atoms with Crippen LogP contribution < -0.4 is 4.90 Å². The predicted octanol–water partition coefficient (Wildman–Crippen LogP) is 11.1. The molecule has 6 aromatic carbocycles. The van der Waals surface area contributed by atoms with E-state index in [0.717, 1.165) is 33.4 Å². The van der Waals surface area contributed by atoms with Gasteiger partial charge in [0.2, 0.25) is 0 Å². The van der Waals surface area contributed by atoms with Crippen molar-refractivity contribution in [3.8, 4) is 33.4 Å². The van der Waals surface area contributed by atoms with Crippen LogP contribution in [0.4, 0.5) is 20.2 Å². The maximum absolute atomic E-state index is 16.2. The van der Waals surface area contributed by atoms with E-state index in [2.05, 4.69) is 42.5 Å². The van der Waals surface area contributed by atoms with Crippen LogP contribution >= 0.6 is 0 Å². The Morgan fingerprint density at radius 3 is 1.80 bits per heavy atom. The Bertz CT molecular complexity index is 1830. The third kappa shape index (κ3) is 5.12. The van der Waals surface area contributed by atoms with E-state index in [0.29, 0.717) is 11.4 Å². The molecular weight excluding hydrogens is 508 g/mol. The van der Waals surface area contributed by atoms with Gasteiger partial charge in [0.05, 0.1) is 11.4 Å². The standard InChI is InChI=1S/C38H31F2N/c1-38(2,3)41(35-16-10-9-15-33(35)39)37-34(40)24-23-32(28-12-5-4-6-13-28)36(37)29-20-17-27(18-21-29)31-22-19-26-11-7-8-14-30(26)25-31/h4-25H,1-3H3. The monoisotopic (exact) mass is 539 g/mol. The fraction of sp³-hybridized carbons (Fsp3) is 0.105. The van der Waals surface area contributed by atoms with Gasteiger partial charge in [0.25, 0.3) is 0 Å². The molecular formula is C38H31F2N. The molecule has 0 unspecified atom stereocenters. The molecule has 0 radical (unpaired) electrons. The fourth-order valence-electron chi connectivity index (χ4n) is 5.58. The van der Waals surface area contributed by atoms with E-state index < -0.39 is 17.2 Å². The van der Waals surface area contributed by atoms with Gasteiger partial charge >= 0.3 is 0 Å². The molecule has 0 N–H and O–H groups in total. The van der Waals surface area contributed by atoms with Gasteiger partial charge < -0.3 is 4.90 Å². The van der Waals surface area contributed by atoms with Crippen LogP contribution in [0, 0.1) is 11.6 Å². The minimum atomic E-state index is -0.627. The second-order valence-electron chi connectivity index (χ2n) is 11.3. The minimum absolute atomic E-state index is 0.332. The lowest BCUT2D eigenvalue weighted by molar-refractivity contribution is 0.527. The highest BCUT2D eigenvalue weighted by atomic mass is 19.1. The van der Waals surface area contributed by atoms with Gasteiger partial charge in [0, 0.05) is 11.1 Å². The van der Waals surface area contributed by atoms with Crippen molar-refractivity contribution in [1.29, 1.82) is 0 Å². The average Bonchev–Trinajstić information content (AvgIpc) is 2.98. The normalized spacial score (nSPS) is 11.5. The van der Waals surface area contributed by atoms with Gasteiger partial charge in [-0.3, -0.25) is 0 Å². The van der Waals surface area contributed by atoms with Gasteiger partial charge in [-0.2, -0.15) is 0 Å². The molecule has 0 aromatic heterocycles. The molecule has 202 valence electrons. The number of rotatable bonds is 5. The molecule has 3 heteroatoms. The first-order valence-electron chi connectivity index (χ1n) is 13.8. The van der Waals surface area contributed by atoms with Crippen LogP contribution in [0.2, 0.25) is 0 Å². The number of hydrogen-bond donors (Lipinski definition) is 0. The van der Waals surface area contributed by atoms with E-state index in [-0.39, 0.29) is 0 Å². The molecule has 6 aromatic rings. The first-order chi connectivity index (χ1) is 19.8. The van der Waals surface area contributed by atoms with Crippen molar-refractivity contribution in [3.63, 3.8) is 0 Å². The molecule has 1 nitrogen and oxygen atoms in total. The Labute approximate surface area is 240 Å². The third-order valence-electron chi connectivity index (χ3n) is 7.46. The molecule has 0 aliphatic carbocycles. The number of anilines is 2. The third-order valence-corrected chi connectivity index (χ3v) is 7.46. The zero-order valence-electron chi connectivity index (χ0n) is 23.4. The summed E-state index contributed by atoms with van der Waals surface area (Å²) in [4.78, 5) is 1.79. The minimum Gasteiger partial charge on any atom is -0.331 e. The van der Waals surface area contributed by atoms with Crippen molar-refractivity contribution in [3.05, 3.63) is 145 Å². The van der Waals surface area contributed by atoms with Crippen molar-refractivity contribution in [1.82, 2.24) is 0 Å². The summed E-state index contributed by atoms with van der Waals surface area (Å²) >= 11 is 0. The Morgan fingerprint density at radius 1 is 0.488 bits per heavy atom. The number of nitrogens with zero attached hydrogens (tertiary/aromatic N) is 1. The molecule has 0 aliphatic rings. The molecule has 41 heavy (non-hydrogen) atoms. The summed E-state index contributed by atoms with van der Waals surface area (Å²) in [6.45, 7) is 5.92. The summed E-state index contributed by atoms with van der Waals surface area (Å²) in [7, 11) is 0. The summed E-state index contributed by atoms with van der Waals surface area (Å²) in [5, 5.41) is 2.37. The summed E-state index contributed by atoms with van der Waals surface area (Å²) in [5.74, 6) is -0.805. The molecule has 0 aliphatic heterocycles. The van der Waals surface area contributed by atoms with E-state index >= 15 is 8.78 Å². The summed E-state index contributed by atoms with van der Waals surface area (Å²) in [6.07, 6.45) is 0. The molecule has 0 amide bonds. The molecule has 0 heterocycles. The van der Waals surface area contributed by atoms with Gasteiger partial charge in [-0.15, -0.1) is 0 Å². The quantitative estimate of drug-likeness (QED) is 0.211. The Hall–Kier alpha value is -4.76. The van der Waals surface area contributed by atoms with E-state index in [1.54, 1.807) is 23.1 Å². The second kappa shape index (κ2) is 10.7. The smallest absolute Gasteiger partial charge is 0.147 e. The number of benzene rings is 6. The maximum Gasteiger partial charge on any atom is 0.147 e. The van der Waals surface area contributed by atoms with E-state index in [9.17, 15) is 0 Å². The first kappa shape index (κ1) is 26.5. The number of fused-ring (bicyclic) bond motifs is 1. The molecule has 0 bridgehead atoms. The largest absolute Gasteiger partial charge is 0.331 e. The lowest BCUT2D eigenvalue weighted by Gasteiger charge is -2.40. The molecule has 0 atom stereocenters. The number of hydrogen-bond acceptors (Lipinski definition) is 1. The van der Waals surface area contributed by atoms with Crippen molar-refractivity contribution in [2.24, 2.45) is 0 Å². The average molecular weight is 540 g/mol. The first-order valence-corrected chi connectivity index (χ1v) is 13.8. The van der Waals surface area contributed by atoms with Crippen LogP contribution in [0.3, 0.4) is 0 Å². The number of para-hydroxylation sites is 1.